The van der Waals surface area contributed by atoms with Gasteiger partial charge in [0, 0.05) is 31.2 Å². The molecule has 0 radical (unpaired) electrons. The highest BCUT2D eigenvalue weighted by atomic mass is 32.1. The third kappa shape index (κ3) is 4.67. The van der Waals surface area contributed by atoms with Gasteiger partial charge in [-0.15, -0.1) is 0 Å². The summed E-state index contributed by atoms with van der Waals surface area (Å²) in [6, 6.07) is 12.3. The number of benzene rings is 1. The van der Waals surface area contributed by atoms with Crippen LogP contribution >= 0.6 is 12.2 Å². The molecule has 2 fully saturated rings. The molecular formula is C19H29N3S. The first-order valence-corrected chi connectivity index (χ1v) is 9.49. The number of hydrogen-bond donors (Lipinski definition) is 2. The monoisotopic (exact) mass is 331 g/mol. The van der Waals surface area contributed by atoms with E-state index in [2.05, 4.69) is 52.8 Å². The van der Waals surface area contributed by atoms with Crippen molar-refractivity contribution in [3.63, 3.8) is 0 Å². The van der Waals surface area contributed by atoms with E-state index < -0.39 is 0 Å². The first-order valence-electron chi connectivity index (χ1n) is 9.08. The summed E-state index contributed by atoms with van der Waals surface area (Å²) in [5.41, 5.74) is 1.40. The van der Waals surface area contributed by atoms with Crippen LogP contribution in [0.1, 0.15) is 57.1 Å². The Kier molecular flexibility index (Phi) is 5.90. The molecule has 3 rings (SSSR count). The van der Waals surface area contributed by atoms with Crippen LogP contribution in [0.4, 0.5) is 0 Å². The third-order valence-electron chi connectivity index (χ3n) is 5.32. The highest BCUT2D eigenvalue weighted by molar-refractivity contribution is 7.80. The molecule has 3 nitrogen and oxygen atoms in total. The molecule has 0 bridgehead atoms. The fourth-order valence-electron chi connectivity index (χ4n) is 3.86. The molecule has 0 unspecified atom stereocenters. The standard InChI is InChI=1S/C19H29N3S/c1-15(16-8-4-2-5-9-16)22-13-12-18(14-22)21-19(23)20-17-10-6-3-7-11-17/h2,4-5,8-9,15,17-18H,3,6-7,10-14H2,1H3,(H2,20,21,23)/t15-,18-/m0/s1. The lowest BCUT2D eigenvalue weighted by atomic mass is 9.96. The Morgan fingerprint density at radius 2 is 1.74 bits per heavy atom. The molecule has 23 heavy (non-hydrogen) atoms. The molecule has 2 N–H and O–H groups in total. The number of thiocarbonyl (C=S) groups is 1. The summed E-state index contributed by atoms with van der Waals surface area (Å²) in [5.74, 6) is 0. The van der Waals surface area contributed by atoms with Crippen molar-refractivity contribution in [3.8, 4) is 0 Å². The molecule has 1 aliphatic carbocycles. The van der Waals surface area contributed by atoms with E-state index >= 15 is 0 Å². The van der Waals surface area contributed by atoms with Crippen LogP contribution in [0.5, 0.6) is 0 Å². The van der Waals surface area contributed by atoms with E-state index in [1.807, 2.05) is 0 Å². The van der Waals surface area contributed by atoms with Gasteiger partial charge in [0.2, 0.25) is 0 Å². The zero-order valence-corrected chi connectivity index (χ0v) is 14.9. The molecular weight excluding hydrogens is 302 g/mol. The van der Waals surface area contributed by atoms with Gasteiger partial charge < -0.3 is 10.6 Å². The Morgan fingerprint density at radius 1 is 1.04 bits per heavy atom. The van der Waals surface area contributed by atoms with Crippen molar-refractivity contribution in [2.24, 2.45) is 0 Å². The van der Waals surface area contributed by atoms with E-state index in [1.54, 1.807) is 0 Å². The molecule has 1 saturated heterocycles. The summed E-state index contributed by atoms with van der Waals surface area (Å²) in [6.45, 7) is 4.51. The lowest BCUT2D eigenvalue weighted by molar-refractivity contribution is 0.258. The van der Waals surface area contributed by atoms with Crippen molar-refractivity contribution in [2.45, 2.75) is 63.6 Å². The number of nitrogens with zero attached hydrogens (tertiary/aromatic N) is 1. The van der Waals surface area contributed by atoms with Crippen molar-refractivity contribution in [1.82, 2.24) is 15.5 Å². The fourth-order valence-corrected chi connectivity index (χ4v) is 4.19. The predicted octanol–water partition coefficient (Wildman–Crippen LogP) is 3.62. The normalized spacial score (nSPS) is 24.3. The van der Waals surface area contributed by atoms with Gasteiger partial charge in [-0.2, -0.15) is 0 Å². The highest BCUT2D eigenvalue weighted by Crippen LogP contribution is 2.24. The Bertz CT molecular complexity index is 499. The van der Waals surface area contributed by atoms with Crippen molar-refractivity contribution in [1.29, 1.82) is 0 Å². The van der Waals surface area contributed by atoms with Gasteiger partial charge in [-0.3, -0.25) is 4.90 Å². The number of nitrogens with one attached hydrogen (secondary N) is 2. The lowest BCUT2D eigenvalue weighted by Gasteiger charge is -2.27. The molecule has 0 amide bonds. The Labute approximate surface area is 145 Å². The molecule has 2 aliphatic rings. The topological polar surface area (TPSA) is 27.3 Å². The number of hydrogen-bond acceptors (Lipinski definition) is 2. The molecule has 1 aromatic carbocycles. The van der Waals surface area contributed by atoms with Crippen LogP contribution in [0.2, 0.25) is 0 Å². The van der Waals surface area contributed by atoms with Crippen LogP contribution < -0.4 is 10.6 Å². The van der Waals surface area contributed by atoms with Gasteiger partial charge in [0.05, 0.1) is 0 Å². The van der Waals surface area contributed by atoms with Gasteiger partial charge >= 0.3 is 0 Å². The van der Waals surface area contributed by atoms with E-state index in [-0.39, 0.29) is 0 Å². The Morgan fingerprint density at radius 3 is 2.48 bits per heavy atom. The zero-order valence-electron chi connectivity index (χ0n) is 14.1. The van der Waals surface area contributed by atoms with Gasteiger partial charge in [0.1, 0.15) is 0 Å². The summed E-state index contributed by atoms with van der Waals surface area (Å²) in [7, 11) is 0. The first kappa shape index (κ1) is 16.7. The molecule has 2 atom stereocenters. The van der Waals surface area contributed by atoms with Crippen LogP contribution in [0.25, 0.3) is 0 Å². The van der Waals surface area contributed by atoms with Gasteiger partial charge in [-0.1, -0.05) is 49.6 Å². The van der Waals surface area contributed by atoms with Gasteiger partial charge in [-0.25, -0.2) is 0 Å². The third-order valence-corrected chi connectivity index (χ3v) is 5.56. The fraction of sp³-hybridized carbons (Fsp3) is 0.632. The number of rotatable bonds is 4. The minimum absolute atomic E-state index is 0.475. The van der Waals surface area contributed by atoms with E-state index in [0.29, 0.717) is 18.1 Å². The maximum atomic E-state index is 5.53. The largest absolute Gasteiger partial charge is 0.360 e. The maximum absolute atomic E-state index is 5.53. The summed E-state index contributed by atoms with van der Waals surface area (Å²) in [4.78, 5) is 2.55. The molecule has 4 heteroatoms. The minimum atomic E-state index is 0.475. The van der Waals surface area contributed by atoms with E-state index in [9.17, 15) is 0 Å². The molecule has 1 heterocycles. The van der Waals surface area contributed by atoms with Crippen molar-refractivity contribution in [3.05, 3.63) is 35.9 Å². The van der Waals surface area contributed by atoms with Crippen LogP contribution in [-0.4, -0.2) is 35.2 Å². The van der Waals surface area contributed by atoms with Crippen molar-refractivity contribution in [2.75, 3.05) is 13.1 Å². The van der Waals surface area contributed by atoms with Crippen molar-refractivity contribution >= 4 is 17.3 Å². The Hall–Kier alpha value is -1.13. The second kappa shape index (κ2) is 8.11. The summed E-state index contributed by atoms with van der Waals surface area (Å²) in [5, 5.41) is 7.92. The summed E-state index contributed by atoms with van der Waals surface area (Å²) in [6.07, 6.45) is 7.77. The van der Waals surface area contributed by atoms with Gasteiger partial charge in [-0.05, 0) is 44.0 Å². The van der Waals surface area contributed by atoms with Crippen molar-refractivity contribution < 1.29 is 0 Å². The van der Waals surface area contributed by atoms with Crippen LogP contribution in [-0.2, 0) is 0 Å². The summed E-state index contributed by atoms with van der Waals surface area (Å²) >= 11 is 5.53. The average molecular weight is 332 g/mol. The molecule has 1 saturated carbocycles. The van der Waals surface area contributed by atoms with E-state index in [1.165, 1.54) is 44.1 Å². The van der Waals surface area contributed by atoms with Crippen LogP contribution in [0, 0.1) is 0 Å². The van der Waals surface area contributed by atoms with Crippen LogP contribution in [0.3, 0.4) is 0 Å². The molecule has 126 valence electrons. The maximum Gasteiger partial charge on any atom is 0.166 e. The van der Waals surface area contributed by atoms with E-state index in [0.717, 1.165) is 18.2 Å². The quantitative estimate of drug-likeness (QED) is 0.824. The number of likely N-dealkylation sites (tertiary alicyclic amines) is 1. The second-order valence-electron chi connectivity index (χ2n) is 7.02. The SMILES string of the molecule is C[C@@H](c1ccccc1)N1CC[C@H](NC(=S)NC2CCCCC2)C1. The molecule has 1 aliphatic heterocycles. The average Bonchev–Trinajstić information content (AvgIpc) is 3.04. The molecule has 1 aromatic rings. The first-order chi connectivity index (χ1) is 11.2. The molecule has 0 spiro atoms. The zero-order chi connectivity index (χ0) is 16.1. The minimum Gasteiger partial charge on any atom is -0.360 e. The Balaban J connectivity index is 1.45. The predicted molar refractivity (Wildman–Crippen MR) is 101 cm³/mol. The van der Waals surface area contributed by atoms with Crippen LogP contribution in [0.15, 0.2) is 30.3 Å². The van der Waals surface area contributed by atoms with Gasteiger partial charge in [0.15, 0.2) is 5.11 Å². The second-order valence-corrected chi connectivity index (χ2v) is 7.43. The summed E-state index contributed by atoms with van der Waals surface area (Å²) < 4.78 is 0. The molecule has 0 aromatic heterocycles. The van der Waals surface area contributed by atoms with E-state index in [4.69, 9.17) is 12.2 Å². The lowest BCUT2D eigenvalue weighted by Crippen LogP contribution is -2.47. The smallest absolute Gasteiger partial charge is 0.166 e. The highest BCUT2D eigenvalue weighted by Gasteiger charge is 2.27. The van der Waals surface area contributed by atoms with Gasteiger partial charge in [0.25, 0.3) is 0 Å².